The molecular weight excluding hydrogens is 210 g/mol. The van der Waals surface area contributed by atoms with Crippen LogP contribution in [0.15, 0.2) is 4.79 Å². The van der Waals surface area contributed by atoms with E-state index in [1.165, 1.54) is 5.56 Å². The summed E-state index contributed by atoms with van der Waals surface area (Å²) in [4.78, 5) is 14.5. The summed E-state index contributed by atoms with van der Waals surface area (Å²) in [6.07, 6.45) is 4.10. The van der Waals surface area contributed by atoms with Gasteiger partial charge in [-0.1, -0.05) is 25.4 Å². The Morgan fingerprint density at radius 1 is 1.40 bits per heavy atom. The molecule has 1 aliphatic carbocycles. The molecule has 0 atom stereocenters. The van der Waals surface area contributed by atoms with Crippen molar-refractivity contribution in [1.82, 2.24) is 4.98 Å². The Kier molecular flexibility index (Phi) is 2.87. The third kappa shape index (κ3) is 1.96. The fraction of sp³-hybridized carbons (Fsp3) is 0.583. The summed E-state index contributed by atoms with van der Waals surface area (Å²) < 4.78 is 0. The van der Waals surface area contributed by atoms with Gasteiger partial charge in [0.15, 0.2) is 0 Å². The van der Waals surface area contributed by atoms with Gasteiger partial charge in [-0.3, -0.25) is 4.79 Å². The number of fused-ring (bicyclic) bond motifs is 1. The summed E-state index contributed by atoms with van der Waals surface area (Å²) in [6, 6.07) is 0. The lowest BCUT2D eigenvalue weighted by Gasteiger charge is -2.12. The number of hydrogen-bond acceptors (Lipinski definition) is 1. The largest absolute Gasteiger partial charge is 0.325 e. The third-order valence-electron chi connectivity index (χ3n) is 2.92. The van der Waals surface area contributed by atoms with E-state index < -0.39 is 0 Å². The van der Waals surface area contributed by atoms with Crippen LogP contribution < -0.4 is 5.56 Å². The molecule has 0 aromatic carbocycles. The fourth-order valence-electron chi connectivity index (χ4n) is 2.30. The Hall–Kier alpha value is -0.760. The third-order valence-corrected chi connectivity index (χ3v) is 3.32. The highest BCUT2D eigenvalue weighted by molar-refractivity contribution is 6.31. The molecule has 0 spiro atoms. The molecule has 2 rings (SSSR count). The summed E-state index contributed by atoms with van der Waals surface area (Å²) >= 11 is 6.08. The average molecular weight is 226 g/mol. The van der Waals surface area contributed by atoms with Crippen LogP contribution in [0.25, 0.3) is 0 Å². The molecule has 1 aromatic heterocycles. The van der Waals surface area contributed by atoms with Crippen molar-refractivity contribution in [2.75, 3.05) is 0 Å². The van der Waals surface area contributed by atoms with Crippen LogP contribution in [-0.2, 0) is 19.3 Å². The SMILES string of the molecule is CC(C)Cc1c2c([nH]c(=O)c1Cl)CCC2. The maximum Gasteiger partial charge on any atom is 0.267 e. The Labute approximate surface area is 94.7 Å². The molecule has 1 aromatic rings. The first kappa shape index (κ1) is 10.7. The predicted molar refractivity (Wildman–Crippen MR) is 62.6 cm³/mol. The Bertz CT molecular complexity index is 434. The van der Waals surface area contributed by atoms with Crippen molar-refractivity contribution in [3.05, 3.63) is 32.2 Å². The highest BCUT2D eigenvalue weighted by atomic mass is 35.5. The van der Waals surface area contributed by atoms with E-state index in [9.17, 15) is 4.79 Å². The van der Waals surface area contributed by atoms with Gasteiger partial charge in [0.1, 0.15) is 5.02 Å². The van der Waals surface area contributed by atoms with Crippen molar-refractivity contribution in [2.24, 2.45) is 5.92 Å². The molecule has 15 heavy (non-hydrogen) atoms. The number of aryl methyl sites for hydroxylation is 1. The maximum atomic E-state index is 11.6. The first-order chi connectivity index (χ1) is 7.09. The van der Waals surface area contributed by atoms with Crippen LogP contribution >= 0.6 is 11.6 Å². The number of aromatic amines is 1. The fourth-order valence-corrected chi connectivity index (χ4v) is 2.54. The second-order valence-corrected chi connectivity index (χ2v) is 5.03. The number of aromatic nitrogens is 1. The minimum absolute atomic E-state index is 0.118. The second kappa shape index (κ2) is 4.01. The van der Waals surface area contributed by atoms with Gasteiger partial charge in [-0.15, -0.1) is 0 Å². The monoisotopic (exact) mass is 225 g/mol. The molecule has 0 saturated carbocycles. The van der Waals surface area contributed by atoms with Gasteiger partial charge in [0, 0.05) is 5.69 Å². The highest BCUT2D eigenvalue weighted by Gasteiger charge is 2.20. The molecule has 0 radical (unpaired) electrons. The lowest BCUT2D eigenvalue weighted by Crippen LogP contribution is -2.15. The molecule has 1 aliphatic rings. The topological polar surface area (TPSA) is 32.9 Å². The summed E-state index contributed by atoms with van der Waals surface area (Å²) in [5.41, 5.74) is 3.38. The number of pyridine rings is 1. The van der Waals surface area contributed by atoms with Crippen LogP contribution in [0, 0.1) is 5.92 Å². The van der Waals surface area contributed by atoms with Crippen molar-refractivity contribution in [3.8, 4) is 0 Å². The highest BCUT2D eigenvalue weighted by Crippen LogP contribution is 2.28. The summed E-state index contributed by atoms with van der Waals surface area (Å²) in [5.74, 6) is 0.536. The summed E-state index contributed by atoms with van der Waals surface area (Å²) in [7, 11) is 0. The second-order valence-electron chi connectivity index (χ2n) is 4.66. The van der Waals surface area contributed by atoms with E-state index in [0.29, 0.717) is 10.9 Å². The molecular formula is C12H16ClNO. The van der Waals surface area contributed by atoms with Gasteiger partial charge in [-0.2, -0.15) is 0 Å². The van der Waals surface area contributed by atoms with Crippen LogP contribution in [0.1, 0.15) is 37.1 Å². The van der Waals surface area contributed by atoms with Crippen LogP contribution in [0.3, 0.4) is 0 Å². The minimum atomic E-state index is -0.118. The van der Waals surface area contributed by atoms with Crippen LogP contribution in [0.4, 0.5) is 0 Å². The van der Waals surface area contributed by atoms with E-state index >= 15 is 0 Å². The van der Waals surface area contributed by atoms with Gasteiger partial charge < -0.3 is 4.98 Å². The van der Waals surface area contributed by atoms with Gasteiger partial charge in [-0.05, 0) is 42.7 Å². The van der Waals surface area contributed by atoms with E-state index in [4.69, 9.17) is 11.6 Å². The molecule has 2 nitrogen and oxygen atoms in total. The van der Waals surface area contributed by atoms with Crippen LogP contribution in [0.2, 0.25) is 5.02 Å². The molecule has 0 fully saturated rings. The van der Waals surface area contributed by atoms with Crippen molar-refractivity contribution < 1.29 is 0 Å². The van der Waals surface area contributed by atoms with Gasteiger partial charge in [0.05, 0.1) is 0 Å². The van der Waals surface area contributed by atoms with E-state index in [0.717, 1.165) is 36.9 Å². The van der Waals surface area contributed by atoms with Crippen molar-refractivity contribution >= 4 is 11.6 Å². The molecule has 3 heteroatoms. The number of halogens is 1. The van der Waals surface area contributed by atoms with Gasteiger partial charge in [0.2, 0.25) is 0 Å². The van der Waals surface area contributed by atoms with E-state index in [1.54, 1.807) is 0 Å². The molecule has 0 bridgehead atoms. The van der Waals surface area contributed by atoms with Gasteiger partial charge >= 0.3 is 0 Å². The normalized spacial score (nSPS) is 14.7. The van der Waals surface area contributed by atoms with Crippen molar-refractivity contribution in [2.45, 2.75) is 39.5 Å². The van der Waals surface area contributed by atoms with Crippen LogP contribution in [0.5, 0.6) is 0 Å². The molecule has 0 aliphatic heterocycles. The average Bonchev–Trinajstić information content (AvgIpc) is 2.59. The van der Waals surface area contributed by atoms with E-state index in [1.807, 2.05) is 0 Å². The molecule has 0 unspecified atom stereocenters. The van der Waals surface area contributed by atoms with Crippen molar-refractivity contribution in [1.29, 1.82) is 0 Å². The summed E-state index contributed by atoms with van der Waals surface area (Å²) in [6.45, 7) is 4.30. The Balaban J connectivity index is 2.55. The lowest BCUT2D eigenvalue weighted by molar-refractivity contribution is 0.642. The van der Waals surface area contributed by atoms with E-state index in [2.05, 4.69) is 18.8 Å². The molecule has 1 N–H and O–H groups in total. The minimum Gasteiger partial charge on any atom is -0.325 e. The molecule has 0 amide bonds. The number of rotatable bonds is 2. The zero-order valence-corrected chi connectivity index (χ0v) is 9.95. The molecule has 0 saturated heterocycles. The van der Waals surface area contributed by atoms with E-state index in [-0.39, 0.29) is 5.56 Å². The zero-order chi connectivity index (χ0) is 11.0. The molecule has 82 valence electrons. The zero-order valence-electron chi connectivity index (χ0n) is 9.19. The van der Waals surface area contributed by atoms with Gasteiger partial charge in [-0.25, -0.2) is 0 Å². The van der Waals surface area contributed by atoms with Gasteiger partial charge in [0.25, 0.3) is 5.56 Å². The Morgan fingerprint density at radius 2 is 2.13 bits per heavy atom. The predicted octanol–water partition coefficient (Wildman–Crippen LogP) is 2.72. The van der Waals surface area contributed by atoms with Crippen LogP contribution in [-0.4, -0.2) is 4.98 Å². The first-order valence-electron chi connectivity index (χ1n) is 5.52. The summed E-state index contributed by atoms with van der Waals surface area (Å²) in [5, 5.41) is 0.407. The smallest absolute Gasteiger partial charge is 0.267 e. The number of hydrogen-bond donors (Lipinski definition) is 1. The number of nitrogens with one attached hydrogen (secondary N) is 1. The Morgan fingerprint density at radius 3 is 2.80 bits per heavy atom. The standard InChI is InChI=1S/C12H16ClNO/c1-7(2)6-9-8-4-3-5-10(8)14-12(15)11(9)13/h7H,3-6H2,1-2H3,(H,14,15). The maximum absolute atomic E-state index is 11.6. The molecule has 1 heterocycles. The van der Waals surface area contributed by atoms with Crippen molar-refractivity contribution in [3.63, 3.8) is 0 Å². The first-order valence-corrected chi connectivity index (χ1v) is 5.89. The quantitative estimate of drug-likeness (QED) is 0.825. The lowest BCUT2D eigenvalue weighted by atomic mass is 9.98. The number of H-pyrrole nitrogens is 1.